The van der Waals surface area contributed by atoms with Gasteiger partial charge in [0.05, 0.1) is 0 Å². The van der Waals surface area contributed by atoms with Crippen molar-refractivity contribution >= 4 is 16.8 Å². The van der Waals surface area contributed by atoms with Crippen molar-refractivity contribution in [1.29, 1.82) is 0 Å². The molecule has 1 amide bonds. The van der Waals surface area contributed by atoms with Crippen LogP contribution in [-0.2, 0) is 11.3 Å². The van der Waals surface area contributed by atoms with Crippen LogP contribution in [0.3, 0.4) is 0 Å². The average molecular weight is 234 g/mol. The molecule has 17 heavy (non-hydrogen) atoms. The second kappa shape index (κ2) is 4.54. The molecule has 0 saturated carbocycles. The molecular weight excluding hydrogens is 220 g/mol. The molecule has 6 heteroatoms. The molecule has 2 aromatic rings. The highest BCUT2D eigenvalue weighted by Gasteiger charge is 2.11. The number of aromatic nitrogens is 1. The molecular formula is C11H14N4O2. The molecule has 6 nitrogen and oxygen atoms in total. The van der Waals surface area contributed by atoms with E-state index in [9.17, 15) is 4.79 Å². The Bertz CT molecular complexity index is 549. The second-order valence-electron chi connectivity index (χ2n) is 3.80. The second-order valence-corrected chi connectivity index (χ2v) is 3.80. The van der Waals surface area contributed by atoms with Gasteiger partial charge in [0, 0.05) is 17.1 Å². The van der Waals surface area contributed by atoms with E-state index in [0.717, 1.165) is 16.5 Å². The van der Waals surface area contributed by atoms with Gasteiger partial charge in [-0.05, 0) is 17.7 Å². The van der Waals surface area contributed by atoms with Crippen molar-refractivity contribution in [3.8, 4) is 0 Å². The number of carbonyl (C=O) groups excluding carboxylic acids is 1. The van der Waals surface area contributed by atoms with Gasteiger partial charge in [-0.25, -0.2) is 0 Å². The van der Waals surface area contributed by atoms with Crippen molar-refractivity contribution in [3.63, 3.8) is 0 Å². The molecule has 1 unspecified atom stereocenters. The van der Waals surface area contributed by atoms with E-state index < -0.39 is 12.1 Å². The minimum Gasteiger partial charge on any atom is -0.368 e. The van der Waals surface area contributed by atoms with Crippen molar-refractivity contribution in [3.05, 3.63) is 36.0 Å². The Morgan fingerprint density at radius 3 is 2.88 bits per heavy atom. The number of carbonyl (C=O) groups is 1. The van der Waals surface area contributed by atoms with E-state index in [1.165, 1.54) is 0 Å². The first-order chi connectivity index (χ1) is 8.13. The number of fused-ring (bicyclic) bond motifs is 1. The highest BCUT2D eigenvalue weighted by molar-refractivity contribution is 5.85. The Kier molecular flexibility index (Phi) is 3.10. The fourth-order valence-corrected chi connectivity index (χ4v) is 1.89. The number of hydrogen-bond acceptors (Lipinski definition) is 4. The molecule has 1 aromatic carbocycles. The summed E-state index contributed by atoms with van der Waals surface area (Å²) in [4.78, 5) is 10.9. The van der Waals surface area contributed by atoms with Crippen LogP contribution in [0, 0.1) is 0 Å². The lowest BCUT2D eigenvalue weighted by Crippen LogP contribution is -2.25. The quantitative estimate of drug-likeness (QED) is 0.443. The van der Waals surface area contributed by atoms with Crippen molar-refractivity contribution in [2.45, 2.75) is 12.7 Å². The number of nitrogens with zero attached hydrogens (tertiary/aromatic N) is 1. The smallest absolute Gasteiger partial charge is 0.237 e. The van der Waals surface area contributed by atoms with Gasteiger partial charge in [-0.3, -0.25) is 4.79 Å². The number of rotatable bonds is 4. The Morgan fingerprint density at radius 1 is 1.47 bits per heavy atom. The van der Waals surface area contributed by atoms with Gasteiger partial charge in [-0.15, -0.1) is 0 Å². The summed E-state index contributed by atoms with van der Waals surface area (Å²) in [6.45, 7) is 0.120. The van der Waals surface area contributed by atoms with Crippen LogP contribution in [0.1, 0.15) is 11.7 Å². The highest BCUT2D eigenvalue weighted by atomic mass is 16.5. The lowest BCUT2D eigenvalue weighted by atomic mass is 10.1. The summed E-state index contributed by atoms with van der Waals surface area (Å²) in [6.07, 6.45) is 1.10. The summed E-state index contributed by atoms with van der Waals surface area (Å²) in [5.41, 5.74) is 14.5. The maximum atomic E-state index is 10.9. The van der Waals surface area contributed by atoms with Crippen LogP contribution in [0.2, 0.25) is 0 Å². The van der Waals surface area contributed by atoms with Crippen LogP contribution in [0.5, 0.6) is 0 Å². The lowest BCUT2D eigenvalue weighted by Gasteiger charge is -2.11. The van der Waals surface area contributed by atoms with Crippen molar-refractivity contribution in [2.75, 3.05) is 0 Å². The summed E-state index contributed by atoms with van der Waals surface area (Å²) in [7, 11) is 0. The minimum atomic E-state index is -0.664. The number of nitrogens with one attached hydrogen (secondary N) is 1. The molecule has 0 fully saturated rings. The van der Waals surface area contributed by atoms with Crippen molar-refractivity contribution in [1.82, 2.24) is 10.0 Å². The molecule has 0 radical (unpaired) electrons. The van der Waals surface area contributed by atoms with Crippen LogP contribution in [0.4, 0.5) is 0 Å². The Hall–Kier alpha value is -1.89. The summed E-state index contributed by atoms with van der Waals surface area (Å²) in [6, 6.07) is 7.33. The van der Waals surface area contributed by atoms with E-state index >= 15 is 0 Å². The monoisotopic (exact) mass is 234 g/mol. The van der Waals surface area contributed by atoms with Gasteiger partial charge in [-0.1, -0.05) is 12.1 Å². The topological polar surface area (TPSA) is 106 Å². The van der Waals surface area contributed by atoms with E-state index in [0.29, 0.717) is 0 Å². The standard InChI is InChI=1S/C11H14N4O2/c12-10(16)6-15-5-4-7-8(11(13)14-17)2-1-3-9(7)15/h1-5,11,14,17H,6,13H2,(H2,12,16). The van der Waals surface area contributed by atoms with E-state index in [2.05, 4.69) is 0 Å². The van der Waals surface area contributed by atoms with Crippen LogP contribution < -0.4 is 16.9 Å². The third-order valence-corrected chi connectivity index (χ3v) is 2.65. The number of hydroxylamine groups is 1. The molecule has 1 aromatic heterocycles. The van der Waals surface area contributed by atoms with E-state index in [1.807, 2.05) is 29.7 Å². The van der Waals surface area contributed by atoms with Gasteiger partial charge in [0.25, 0.3) is 0 Å². The number of amides is 1. The summed E-state index contributed by atoms with van der Waals surface area (Å²) < 4.78 is 1.74. The number of nitrogens with two attached hydrogens (primary N) is 2. The third kappa shape index (κ3) is 2.14. The van der Waals surface area contributed by atoms with Crippen LogP contribution in [0.25, 0.3) is 10.9 Å². The van der Waals surface area contributed by atoms with Gasteiger partial charge in [0.15, 0.2) is 0 Å². The zero-order valence-electron chi connectivity index (χ0n) is 9.13. The minimum absolute atomic E-state index is 0.120. The predicted molar refractivity (Wildman–Crippen MR) is 63.0 cm³/mol. The van der Waals surface area contributed by atoms with Crippen molar-refractivity contribution in [2.24, 2.45) is 11.5 Å². The number of primary amides is 1. The summed E-state index contributed by atoms with van der Waals surface area (Å²) in [5.74, 6) is -0.405. The molecule has 1 heterocycles. The molecule has 0 saturated heterocycles. The largest absolute Gasteiger partial charge is 0.368 e. The van der Waals surface area contributed by atoms with E-state index in [-0.39, 0.29) is 6.54 Å². The SMILES string of the molecule is NC(=O)Cn1ccc2c(C(N)NO)cccc21. The highest BCUT2D eigenvalue weighted by Crippen LogP contribution is 2.23. The average Bonchev–Trinajstić information content (AvgIpc) is 2.71. The molecule has 0 aliphatic rings. The molecule has 0 aliphatic heterocycles. The molecule has 0 aliphatic carbocycles. The van der Waals surface area contributed by atoms with Crippen LogP contribution in [-0.4, -0.2) is 15.7 Å². The summed E-state index contributed by atoms with van der Waals surface area (Å²) in [5, 5.41) is 9.72. The van der Waals surface area contributed by atoms with E-state index in [4.69, 9.17) is 16.7 Å². The number of benzene rings is 1. The molecule has 2 rings (SSSR count). The van der Waals surface area contributed by atoms with Gasteiger partial charge >= 0.3 is 0 Å². The maximum absolute atomic E-state index is 10.9. The molecule has 0 bridgehead atoms. The zero-order chi connectivity index (χ0) is 12.4. The van der Waals surface area contributed by atoms with Crippen LogP contribution in [0.15, 0.2) is 30.5 Å². The predicted octanol–water partition coefficient (Wildman–Crippen LogP) is 0.0627. The Labute approximate surface area is 97.8 Å². The molecule has 90 valence electrons. The van der Waals surface area contributed by atoms with Crippen LogP contribution >= 0.6 is 0 Å². The van der Waals surface area contributed by atoms with Gasteiger partial charge in [0.2, 0.25) is 5.91 Å². The van der Waals surface area contributed by atoms with Gasteiger partial charge in [0.1, 0.15) is 12.7 Å². The third-order valence-electron chi connectivity index (χ3n) is 2.65. The normalized spacial score (nSPS) is 12.8. The van der Waals surface area contributed by atoms with Gasteiger partial charge < -0.3 is 21.2 Å². The molecule has 0 spiro atoms. The Morgan fingerprint density at radius 2 is 2.24 bits per heavy atom. The molecule has 6 N–H and O–H groups in total. The van der Waals surface area contributed by atoms with E-state index in [1.54, 1.807) is 10.8 Å². The summed E-state index contributed by atoms with van der Waals surface area (Å²) >= 11 is 0. The first kappa shape index (κ1) is 11.6. The fourth-order valence-electron chi connectivity index (χ4n) is 1.89. The first-order valence-corrected chi connectivity index (χ1v) is 5.14. The maximum Gasteiger partial charge on any atom is 0.237 e. The zero-order valence-corrected chi connectivity index (χ0v) is 9.13. The fraction of sp³-hybridized carbons (Fsp3) is 0.182. The van der Waals surface area contributed by atoms with Crippen molar-refractivity contribution < 1.29 is 10.0 Å². The first-order valence-electron chi connectivity index (χ1n) is 5.14. The number of hydrogen-bond donors (Lipinski definition) is 4. The van der Waals surface area contributed by atoms with Gasteiger partial charge in [-0.2, -0.15) is 5.48 Å². The molecule has 1 atom stereocenters. The Balaban J connectivity index is 2.52. The lowest BCUT2D eigenvalue weighted by molar-refractivity contribution is -0.118.